The van der Waals surface area contributed by atoms with Gasteiger partial charge in [-0.05, 0) is 49.9 Å². The fraction of sp³-hybridized carbons (Fsp3) is 0.263. The molecule has 1 N–H and O–H groups in total. The van der Waals surface area contributed by atoms with Crippen LogP contribution in [0, 0.1) is 20.8 Å². The summed E-state index contributed by atoms with van der Waals surface area (Å²) in [4.78, 5) is 18.4. The van der Waals surface area contributed by atoms with Gasteiger partial charge in [0, 0.05) is 10.4 Å². The van der Waals surface area contributed by atoms with Gasteiger partial charge in [-0.15, -0.1) is 22.7 Å². The van der Waals surface area contributed by atoms with Gasteiger partial charge in [-0.1, -0.05) is 6.07 Å². The van der Waals surface area contributed by atoms with E-state index in [2.05, 4.69) is 10.3 Å². The van der Waals surface area contributed by atoms with Crippen molar-refractivity contribution >= 4 is 33.7 Å². The highest BCUT2D eigenvalue weighted by molar-refractivity contribution is 7.16. The summed E-state index contributed by atoms with van der Waals surface area (Å²) < 4.78 is 11.2. The fourth-order valence-corrected chi connectivity index (χ4v) is 3.91. The Kier molecular flexibility index (Phi) is 5.58. The maximum absolute atomic E-state index is 12.4. The van der Waals surface area contributed by atoms with Gasteiger partial charge in [-0.2, -0.15) is 0 Å². The molecular formula is C19H20N2O3S2. The van der Waals surface area contributed by atoms with Crippen molar-refractivity contribution in [1.29, 1.82) is 0 Å². The Labute approximate surface area is 160 Å². The summed E-state index contributed by atoms with van der Waals surface area (Å²) >= 11 is 2.87. The number of anilines is 1. The Hall–Kier alpha value is -2.38. The number of thiazole rings is 1. The van der Waals surface area contributed by atoms with Crippen molar-refractivity contribution in [3.63, 3.8) is 0 Å². The number of rotatable bonds is 6. The number of aryl methyl sites for hydroxylation is 3. The Morgan fingerprint density at radius 2 is 2.00 bits per heavy atom. The zero-order chi connectivity index (χ0) is 18.7. The van der Waals surface area contributed by atoms with Crippen molar-refractivity contribution < 1.29 is 14.3 Å². The van der Waals surface area contributed by atoms with Crippen molar-refractivity contribution in [3.8, 4) is 11.5 Å². The predicted octanol–water partition coefficient (Wildman–Crippen LogP) is 4.97. The highest BCUT2D eigenvalue weighted by atomic mass is 32.1. The van der Waals surface area contributed by atoms with Gasteiger partial charge in [0.25, 0.3) is 5.91 Å². The van der Waals surface area contributed by atoms with Crippen LogP contribution in [0.1, 0.15) is 31.4 Å². The highest BCUT2D eigenvalue weighted by Gasteiger charge is 2.13. The number of hydrogen-bond donors (Lipinski definition) is 1. The summed E-state index contributed by atoms with van der Waals surface area (Å²) in [5, 5.41) is 5.40. The molecule has 136 valence electrons. The van der Waals surface area contributed by atoms with Gasteiger partial charge < -0.3 is 9.47 Å². The third-order valence-electron chi connectivity index (χ3n) is 3.84. The lowest BCUT2D eigenvalue weighted by atomic mass is 10.2. The van der Waals surface area contributed by atoms with E-state index in [1.807, 2.05) is 50.4 Å². The quantitative estimate of drug-likeness (QED) is 0.648. The van der Waals surface area contributed by atoms with Crippen molar-refractivity contribution in [2.75, 3.05) is 12.4 Å². The van der Waals surface area contributed by atoms with Gasteiger partial charge in [0.1, 0.15) is 6.61 Å². The molecule has 2 aromatic heterocycles. The number of hydrogen-bond acceptors (Lipinski definition) is 6. The molecule has 0 aliphatic carbocycles. The van der Waals surface area contributed by atoms with Gasteiger partial charge in [-0.25, -0.2) is 4.98 Å². The Morgan fingerprint density at radius 3 is 2.69 bits per heavy atom. The third-order valence-corrected chi connectivity index (χ3v) is 5.81. The molecule has 0 radical (unpaired) electrons. The smallest absolute Gasteiger partial charge is 0.267 e. The predicted molar refractivity (Wildman–Crippen MR) is 106 cm³/mol. The molecule has 0 unspecified atom stereocenters. The minimum absolute atomic E-state index is 0.150. The molecule has 0 fully saturated rings. The summed E-state index contributed by atoms with van der Waals surface area (Å²) in [6, 6.07) is 7.64. The molecule has 0 spiro atoms. The lowest BCUT2D eigenvalue weighted by Crippen LogP contribution is -2.09. The number of carbonyl (C=O) groups is 1. The van der Waals surface area contributed by atoms with Crippen LogP contribution < -0.4 is 14.8 Å². The van der Waals surface area contributed by atoms with Crippen LogP contribution in [-0.2, 0) is 6.61 Å². The standard InChI is InChI=1S/C19H20N2O3S2/c1-11-5-6-15(16(7-11)23-4)24-9-14-8-17(25-10-14)18(22)21-19-20-12(2)13(3)26-19/h5-8,10H,9H2,1-4H3,(H,20,21,22). The second-order valence-corrected chi connectivity index (χ2v) is 7.99. The van der Waals surface area contributed by atoms with E-state index in [-0.39, 0.29) is 5.91 Å². The largest absolute Gasteiger partial charge is 0.493 e. The molecule has 26 heavy (non-hydrogen) atoms. The van der Waals surface area contributed by atoms with E-state index >= 15 is 0 Å². The lowest BCUT2D eigenvalue weighted by Gasteiger charge is -2.10. The van der Waals surface area contributed by atoms with Gasteiger partial charge in [0.2, 0.25) is 0 Å². The topological polar surface area (TPSA) is 60.5 Å². The average molecular weight is 389 g/mol. The van der Waals surface area contributed by atoms with E-state index in [4.69, 9.17) is 9.47 Å². The van der Waals surface area contributed by atoms with Gasteiger partial charge >= 0.3 is 0 Å². The first-order valence-electron chi connectivity index (χ1n) is 8.06. The first-order chi connectivity index (χ1) is 12.5. The zero-order valence-electron chi connectivity index (χ0n) is 15.1. The number of ether oxygens (including phenoxy) is 2. The van der Waals surface area contributed by atoms with Crippen molar-refractivity contribution in [3.05, 3.63) is 56.2 Å². The maximum Gasteiger partial charge on any atom is 0.267 e. The first kappa shape index (κ1) is 18.4. The number of amides is 1. The molecule has 0 saturated heterocycles. The summed E-state index contributed by atoms with van der Waals surface area (Å²) in [7, 11) is 1.62. The summed E-state index contributed by atoms with van der Waals surface area (Å²) in [6.45, 7) is 6.30. The maximum atomic E-state index is 12.4. The summed E-state index contributed by atoms with van der Waals surface area (Å²) in [6.07, 6.45) is 0. The molecule has 3 aromatic rings. The van der Waals surface area contributed by atoms with Gasteiger partial charge in [0.05, 0.1) is 17.7 Å². The van der Waals surface area contributed by atoms with Crippen LogP contribution in [0.25, 0.3) is 0 Å². The molecule has 5 nitrogen and oxygen atoms in total. The van der Waals surface area contributed by atoms with Crippen LogP contribution in [-0.4, -0.2) is 18.0 Å². The molecule has 1 amide bonds. The van der Waals surface area contributed by atoms with E-state index in [1.165, 1.54) is 22.7 Å². The second-order valence-electron chi connectivity index (χ2n) is 5.88. The molecule has 0 bridgehead atoms. The SMILES string of the molecule is COc1cc(C)ccc1OCc1csc(C(=O)Nc2nc(C)c(C)s2)c1. The molecule has 0 atom stereocenters. The second kappa shape index (κ2) is 7.88. The Balaban J connectivity index is 1.63. The van der Waals surface area contributed by atoms with Crippen molar-refractivity contribution in [1.82, 2.24) is 4.98 Å². The zero-order valence-corrected chi connectivity index (χ0v) is 16.7. The van der Waals surface area contributed by atoms with Gasteiger partial charge in [0.15, 0.2) is 16.6 Å². The van der Waals surface area contributed by atoms with Crippen molar-refractivity contribution in [2.24, 2.45) is 0 Å². The highest BCUT2D eigenvalue weighted by Crippen LogP contribution is 2.29. The van der Waals surface area contributed by atoms with Crippen LogP contribution >= 0.6 is 22.7 Å². The van der Waals surface area contributed by atoms with E-state index in [0.29, 0.717) is 28.1 Å². The van der Waals surface area contributed by atoms with E-state index < -0.39 is 0 Å². The number of methoxy groups -OCH3 is 1. The number of thiophene rings is 1. The lowest BCUT2D eigenvalue weighted by molar-refractivity contribution is 0.103. The molecule has 0 aliphatic heterocycles. The fourth-order valence-electron chi connectivity index (χ4n) is 2.31. The number of nitrogens with zero attached hydrogens (tertiary/aromatic N) is 1. The van der Waals surface area contributed by atoms with Crippen LogP contribution in [0.4, 0.5) is 5.13 Å². The normalized spacial score (nSPS) is 10.6. The summed E-state index contributed by atoms with van der Waals surface area (Å²) in [5.41, 5.74) is 2.99. The number of carbonyl (C=O) groups excluding carboxylic acids is 1. The van der Waals surface area contributed by atoms with Gasteiger partial charge in [-0.3, -0.25) is 10.1 Å². The van der Waals surface area contributed by atoms with Crippen molar-refractivity contribution in [2.45, 2.75) is 27.4 Å². The average Bonchev–Trinajstić information content (AvgIpc) is 3.20. The Morgan fingerprint density at radius 1 is 1.19 bits per heavy atom. The van der Waals surface area contributed by atoms with Crippen LogP contribution in [0.5, 0.6) is 11.5 Å². The third kappa shape index (κ3) is 4.23. The minimum Gasteiger partial charge on any atom is -0.493 e. The first-order valence-corrected chi connectivity index (χ1v) is 9.76. The molecule has 0 aliphatic rings. The van der Waals surface area contributed by atoms with Crippen LogP contribution in [0.3, 0.4) is 0 Å². The van der Waals surface area contributed by atoms with E-state index in [0.717, 1.165) is 21.7 Å². The Bertz CT molecular complexity index is 911. The molecular weight excluding hydrogens is 368 g/mol. The number of benzene rings is 1. The molecule has 1 aromatic carbocycles. The van der Waals surface area contributed by atoms with E-state index in [1.54, 1.807) is 7.11 Å². The van der Waals surface area contributed by atoms with Crippen LogP contribution in [0.2, 0.25) is 0 Å². The monoisotopic (exact) mass is 388 g/mol. The minimum atomic E-state index is -0.150. The molecule has 3 rings (SSSR count). The summed E-state index contributed by atoms with van der Waals surface area (Å²) in [5.74, 6) is 1.24. The molecule has 0 saturated carbocycles. The van der Waals surface area contributed by atoms with Crippen LogP contribution in [0.15, 0.2) is 29.6 Å². The van der Waals surface area contributed by atoms with E-state index in [9.17, 15) is 4.79 Å². The molecule has 2 heterocycles. The molecule has 7 heteroatoms. The number of aromatic nitrogens is 1. The number of nitrogens with one attached hydrogen (secondary N) is 1.